The van der Waals surface area contributed by atoms with E-state index in [2.05, 4.69) is 39.5 Å². The average Bonchev–Trinajstić information content (AvgIpc) is 2.62. The van der Waals surface area contributed by atoms with Crippen LogP contribution in [0.5, 0.6) is 0 Å². The molecule has 4 heteroatoms. The molecule has 0 aliphatic carbocycles. The zero-order chi connectivity index (χ0) is 19.0. The van der Waals surface area contributed by atoms with Crippen molar-refractivity contribution in [1.29, 1.82) is 0 Å². The Morgan fingerprint density at radius 3 is 1.31 bits per heavy atom. The number of carbonyl (C=O) groups is 1. The molecule has 0 saturated heterocycles. The summed E-state index contributed by atoms with van der Waals surface area (Å²) in [7, 11) is -1.11. The lowest BCUT2D eigenvalue weighted by Gasteiger charge is -2.30. The summed E-state index contributed by atoms with van der Waals surface area (Å²) in [6.07, 6.45) is 17.4. The number of hydrogen-bond acceptors (Lipinski definition) is 1. The van der Waals surface area contributed by atoms with Crippen LogP contribution in [-0.2, 0) is 4.79 Å². The highest BCUT2D eigenvalue weighted by Gasteiger charge is 2.39. The fraction of sp³-hybridized carbons (Fsp3) is 0.955. The van der Waals surface area contributed by atoms with Crippen LogP contribution in [-0.4, -0.2) is 48.5 Å². The Hall–Kier alpha value is 0.190. The molecule has 0 aliphatic rings. The van der Waals surface area contributed by atoms with E-state index in [1.807, 2.05) is 0 Å². The Morgan fingerprint density at radius 1 is 0.654 bits per heavy atom. The third kappa shape index (κ3) is 12.6. The lowest BCUT2D eigenvalue weighted by molar-refractivity contribution is -0.128. The summed E-state index contributed by atoms with van der Waals surface area (Å²) in [5, 5.41) is 0. The molecule has 0 aliphatic heterocycles. The molecule has 0 radical (unpaired) electrons. The largest absolute Gasteiger partial charge is 1.00 e. The van der Waals surface area contributed by atoms with Crippen molar-refractivity contribution < 1.29 is 17.2 Å². The molecule has 0 aromatic heterocycles. The molecule has 0 bridgehead atoms. The first-order chi connectivity index (χ1) is 12.1. The van der Waals surface area contributed by atoms with Crippen molar-refractivity contribution in [3.05, 3.63) is 0 Å². The summed E-state index contributed by atoms with van der Waals surface area (Å²) in [5.41, 5.74) is 0. The minimum atomic E-state index is -1.11. The van der Waals surface area contributed by atoms with Crippen LogP contribution in [0.3, 0.4) is 0 Å². The highest BCUT2D eigenvalue weighted by Crippen LogP contribution is 2.60. The fourth-order valence-corrected chi connectivity index (χ4v) is 8.38. The van der Waals surface area contributed by atoms with Crippen molar-refractivity contribution in [2.24, 2.45) is 0 Å². The smallest absolute Gasteiger partial charge is 0.260 e. The number of unbranched alkanes of at least 4 members (excludes halogenated alkanes) is 5. The first-order valence-electron chi connectivity index (χ1n) is 11.2. The van der Waals surface area contributed by atoms with E-state index in [4.69, 9.17) is 0 Å². The van der Waals surface area contributed by atoms with Crippen molar-refractivity contribution in [3.63, 3.8) is 0 Å². The van der Waals surface area contributed by atoms with Crippen LogP contribution in [0.15, 0.2) is 0 Å². The van der Waals surface area contributed by atoms with Crippen molar-refractivity contribution >= 4 is 13.2 Å². The molecule has 0 spiro atoms. The van der Waals surface area contributed by atoms with Crippen LogP contribution in [0.1, 0.15) is 98.8 Å². The normalized spacial score (nSPS) is 11.3. The summed E-state index contributed by atoms with van der Waals surface area (Å²) in [6, 6.07) is 0. The fourth-order valence-electron chi connectivity index (χ4n) is 3.50. The molecule has 0 rings (SSSR count). The van der Waals surface area contributed by atoms with E-state index in [1.165, 1.54) is 69.9 Å². The Bertz CT molecular complexity index is 295. The van der Waals surface area contributed by atoms with Gasteiger partial charge < -0.3 is 17.3 Å². The van der Waals surface area contributed by atoms with Crippen LogP contribution in [0, 0.1) is 0 Å². The van der Waals surface area contributed by atoms with E-state index in [0.717, 1.165) is 32.1 Å². The van der Waals surface area contributed by atoms with E-state index in [0.29, 0.717) is 5.91 Å². The third-order valence-electron chi connectivity index (χ3n) is 5.34. The molecule has 2 nitrogen and oxygen atoms in total. The van der Waals surface area contributed by atoms with Gasteiger partial charge >= 0.3 is 0 Å². The molecule has 0 unspecified atom stereocenters. The number of rotatable bonds is 17. The number of hydrogen-bond donors (Lipinski definition) is 0. The van der Waals surface area contributed by atoms with Crippen LogP contribution >= 0.6 is 7.26 Å². The molecule has 0 aromatic carbocycles. The van der Waals surface area contributed by atoms with Gasteiger partial charge in [-0.05, 0) is 32.1 Å². The van der Waals surface area contributed by atoms with Crippen molar-refractivity contribution in [2.45, 2.75) is 98.8 Å². The van der Waals surface area contributed by atoms with Gasteiger partial charge in [0.25, 0.3) is 5.91 Å². The molecule has 1 amide bonds. The summed E-state index contributed by atoms with van der Waals surface area (Å²) >= 11 is 0. The molecule has 158 valence electrons. The first-order valence-corrected chi connectivity index (χ1v) is 13.7. The second-order valence-corrected chi connectivity index (χ2v) is 12.2. The number of carbonyl (C=O) groups excluding carboxylic acids is 1. The highest BCUT2D eigenvalue weighted by atomic mass is 35.5. The molecule has 0 aromatic rings. The van der Waals surface area contributed by atoms with Gasteiger partial charge in [-0.25, -0.2) is 0 Å². The Morgan fingerprint density at radius 2 is 1.00 bits per heavy atom. The average molecular weight is 408 g/mol. The zero-order valence-electron chi connectivity index (χ0n) is 18.5. The zero-order valence-corrected chi connectivity index (χ0v) is 20.1. The monoisotopic (exact) mass is 407 g/mol. The Kier molecular flexibility index (Phi) is 20.3. The van der Waals surface area contributed by atoms with Crippen LogP contribution in [0.4, 0.5) is 0 Å². The Balaban J connectivity index is 0. The minimum absolute atomic E-state index is 0. The number of amides is 1. The van der Waals surface area contributed by atoms with Gasteiger partial charge in [0, 0.05) is 20.4 Å². The van der Waals surface area contributed by atoms with Gasteiger partial charge in [-0.2, -0.15) is 0 Å². The predicted octanol–water partition coefficient (Wildman–Crippen LogP) is 3.84. The summed E-state index contributed by atoms with van der Waals surface area (Å²) < 4.78 is 0. The van der Waals surface area contributed by atoms with Gasteiger partial charge in [0.15, 0.2) is 0 Å². The molecular weight excluding hydrogens is 361 g/mol. The third-order valence-corrected chi connectivity index (χ3v) is 10.1. The molecule has 0 heterocycles. The van der Waals surface area contributed by atoms with E-state index in [9.17, 15) is 4.79 Å². The van der Waals surface area contributed by atoms with Crippen molar-refractivity contribution in [1.82, 2.24) is 4.90 Å². The van der Waals surface area contributed by atoms with E-state index < -0.39 is 7.26 Å². The molecule has 0 atom stereocenters. The number of halogens is 1. The first kappa shape index (κ1) is 28.4. The van der Waals surface area contributed by atoms with E-state index in [1.54, 1.807) is 0 Å². The SMILES string of the molecule is CCCCN(CCCC)C(=O)C[P+](CCCC)(CCCC)CCCC.[Cl-]. The van der Waals surface area contributed by atoms with Crippen LogP contribution < -0.4 is 12.4 Å². The second-order valence-electron chi connectivity index (χ2n) is 7.82. The van der Waals surface area contributed by atoms with Crippen molar-refractivity contribution in [3.8, 4) is 0 Å². The van der Waals surface area contributed by atoms with E-state index >= 15 is 0 Å². The highest BCUT2D eigenvalue weighted by molar-refractivity contribution is 7.76. The maximum atomic E-state index is 13.2. The van der Waals surface area contributed by atoms with Gasteiger partial charge in [0.1, 0.15) is 6.16 Å². The van der Waals surface area contributed by atoms with Crippen LogP contribution in [0.2, 0.25) is 0 Å². The lowest BCUT2D eigenvalue weighted by atomic mass is 10.2. The standard InChI is InChI=1S/C22H47NOP.ClH/c1-6-11-16-23(17-12-7-2)22(24)21-25(18-13-8-3,19-14-9-4)20-15-10-5;/h6-21H2,1-5H3;1H/q+1;/p-1. The van der Waals surface area contributed by atoms with Gasteiger partial charge in [0.2, 0.25) is 0 Å². The van der Waals surface area contributed by atoms with E-state index in [-0.39, 0.29) is 12.4 Å². The Labute approximate surface area is 172 Å². The summed E-state index contributed by atoms with van der Waals surface area (Å²) in [6.45, 7) is 13.3. The predicted molar refractivity (Wildman–Crippen MR) is 118 cm³/mol. The quantitative estimate of drug-likeness (QED) is 0.335. The molecular formula is C22H47ClNOP. The molecule has 26 heavy (non-hydrogen) atoms. The maximum absolute atomic E-state index is 13.2. The van der Waals surface area contributed by atoms with Gasteiger partial charge in [-0.15, -0.1) is 0 Å². The minimum Gasteiger partial charge on any atom is -1.00 e. The summed E-state index contributed by atoms with van der Waals surface area (Å²) in [4.78, 5) is 15.4. The molecule has 0 saturated carbocycles. The van der Waals surface area contributed by atoms with Crippen molar-refractivity contribution in [2.75, 3.05) is 37.7 Å². The maximum Gasteiger partial charge on any atom is 0.260 e. The van der Waals surface area contributed by atoms with Gasteiger partial charge in [-0.3, -0.25) is 4.79 Å². The van der Waals surface area contributed by atoms with Gasteiger partial charge in [0.05, 0.1) is 18.5 Å². The summed E-state index contributed by atoms with van der Waals surface area (Å²) in [5.74, 6) is 0.485. The second kappa shape index (κ2) is 18.5. The topological polar surface area (TPSA) is 20.3 Å². The number of nitrogens with zero attached hydrogens (tertiary/aromatic N) is 1. The molecule has 0 fully saturated rings. The van der Waals surface area contributed by atoms with Gasteiger partial charge in [-0.1, -0.05) is 66.7 Å². The lowest BCUT2D eigenvalue weighted by Crippen LogP contribution is -3.00. The van der Waals surface area contributed by atoms with Crippen LogP contribution in [0.25, 0.3) is 0 Å². The molecule has 0 N–H and O–H groups in total.